The molecular formula is C13H9BrO3. The third kappa shape index (κ3) is 2.36. The Morgan fingerprint density at radius 1 is 1.29 bits per heavy atom. The zero-order valence-electron chi connectivity index (χ0n) is 9.07. The van der Waals surface area contributed by atoms with Crippen molar-refractivity contribution in [2.45, 2.75) is 6.92 Å². The van der Waals surface area contributed by atoms with Gasteiger partial charge >= 0.3 is 0 Å². The number of carbonyl (C=O) groups excluding carboxylic acids is 2. The lowest BCUT2D eigenvalue weighted by molar-refractivity contribution is 0.101. The normalized spacial score (nSPS) is 10.2. The van der Waals surface area contributed by atoms with E-state index in [9.17, 15) is 9.59 Å². The van der Waals surface area contributed by atoms with Crippen LogP contribution in [-0.2, 0) is 0 Å². The predicted octanol–water partition coefficient (Wildman–Crippen LogP) is 3.72. The molecule has 0 atom stereocenters. The number of rotatable bonds is 3. The summed E-state index contributed by atoms with van der Waals surface area (Å²) in [7, 11) is 0. The Hall–Kier alpha value is -1.68. The van der Waals surface area contributed by atoms with Crippen LogP contribution in [0.5, 0.6) is 0 Å². The highest BCUT2D eigenvalue weighted by molar-refractivity contribution is 9.10. The van der Waals surface area contributed by atoms with E-state index in [0.29, 0.717) is 22.1 Å². The van der Waals surface area contributed by atoms with Gasteiger partial charge in [-0.05, 0) is 31.2 Å². The van der Waals surface area contributed by atoms with Crippen LogP contribution in [0.4, 0.5) is 0 Å². The fourth-order valence-electron chi connectivity index (χ4n) is 1.53. The largest absolute Gasteiger partial charge is 0.453 e. The number of benzene rings is 1. The molecule has 0 aliphatic heterocycles. The van der Waals surface area contributed by atoms with Crippen LogP contribution in [0.25, 0.3) is 11.3 Å². The van der Waals surface area contributed by atoms with Crippen molar-refractivity contribution in [2.24, 2.45) is 0 Å². The van der Waals surface area contributed by atoms with E-state index in [1.807, 2.05) is 0 Å². The van der Waals surface area contributed by atoms with Gasteiger partial charge in [-0.3, -0.25) is 9.59 Å². The van der Waals surface area contributed by atoms with E-state index >= 15 is 0 Å². The quantitative estimate of drug-likeness (QED) is 0.640. The Morgan fingerprint density at radius 2 is 2.06 bits per heavy atom. The van der Waals surface area contributed by atoms with Gasteiger partial charge in [0.1, 0.15) is 5.76 Å². The first-order valence-electron chi connectivity index (χ1n) is 4.97. The Balaban J connectivity index is 2.43. The summed E-state index contributed by atoms with van der Waals surface area (Å²) in [4.78, 5) is 21.8. The van der Waals surface area contributed by atoms with Crippen LogP contribution in [0.1, 0.15) is 27.8 Å². The number of furan rings is 1. The first-order valence-corrected chi connectivity index (χ1v) is 5.77. The van der Waals surface area contributed by atoms with Gasteiger partial charge in [0.05, 0.1) is 0 Å². The van der Waals surface area contributed by atoms with Gasteiger partial charge in [-0.1, -0.05) is 22.0 Å². The van der Waals surface area contributed by atoms with Gasteiger partial charge in [0.15, 0.2) is 17.8 Å². The molecule has 1 aromatic heterocycles. The third-order valence-corrected chi connectivity index (χ3v) is 3.03. The molecule has 2 aromatic rings. The molecule has 4 heteroatoms. The molecule has 86 valence electrons. The van der Waals surface area contributed by atoms with E-state index in [1.54, 1.807) is 30.3 Å². The van der Waals surface area contributed by atoms with Gasteiger partial charge in [-0.2, -0.15) is 0 Å². The van der Waals surface area contributed by atoms with Crippen molar-refractivity contribution in [3.05, 3.63) is 46.1 Å². The monoisotopic (exact) mass is 292 g/mol. The third-order valence-electron chi connectivity index (χ3n) is 2.38. The summed E-state index contributed by atoms with van der Waals surface area (Å²) in [6, 6.07) is 8.64. The van der Waals surface area contributed by atoms with Crippen LogP contribution in [0.15, 0.2) is 39.2 Å². The Labute approximate surface area is 107 Å². The number of aldehydes is 1. The zero-order chi connectivity index (χ0) is 12.4. The van der Waals surface area contributed by atoms with Crippen molar-refractivity contribution in [3.8, 4) is 11.3 Å². The second-order valence-electron chi connectivity index (χ2n) is 3.57. The van der Waals surface area contributed by atoms with Crippen LogP contribution in [-0.4, -0.2) is 12.1 Å². The fraction of sp³-hybridized carbons (Fsp3) is 0.0769. The molecule has 0 bridgehead atoms. The summed E-state index contributed by atoms with van der Waals surface area (Å²) in [6.45, 7) is 1.51. The maximum Gasteiger partial charge on any atom is 0.185 e. The van der Waals surface area contributed by atoms with Crippen LogP contribution < -0.4 is 0 Å². The maximum absolute atomic E-state index is 11.3. The Kier molecular flexibility index (Phi) is 3.24. The van der Waals surface area contributed by atoms with Gasteiger partial charge < -0.3 is 4.42 Å². The van der Waals surface area contributed by atoms with Crippen molar-refractivity contribution in [1.29, 1.82) is 0 Å². The van der Waals surface area contributed by atoms with Crippen LogP contribution >= 0.6 is 15.9 Å². The van der Waals surface area contributed by atoms with Gasteiger partial charge in [-0.25, -0.2) is 0 Å². The van der Waals surface area contributed by atoms with E-state index in [0.717, 1.165) is 5.56 Å². The topological polar surface area (TPSA) is 47.3 Å². The lowest BCUT2D eigenvalue weighted by Crippen LogP contribution is -1.93. The molecule has 0 aliphatic rings. The molecule has 3 nitrogen and oxygen atoms in total. The maximum atomic E-state index is 11.3. The molecule has 0 N–H and O–H groups in total. The van der Waals surface area contributed by atoms with Crippen molar-refractivity contribution >= 4 is 28.0 Å². The molecule has 1 heterocycles. The molecule has 2 rings (SSSR count). The van der Waals surface area contributed by atoms with Crippen molar-refractivity contribution in [1.82, 2.24) is 0 Å². The fourth-order valence-corrected chi connectivity index (χ4v) is 2.18. The summed E-state index contributed by atoms with van der Waals surface area (Å²) < 4.78 is 6.01. The number of carbonyl (C=O) groups is 2. The molecule has 0 amide bonds. The highest BCUT2D eigenvalue weighted by atomic mass is 79.9. The average Bonchev–Trinajstić information content (AvgIpc) is 2.76. The van der Waals surface area contributed by atoms with Crippen LogP contribution in [0, 0.1) is 0 Å². The molecule has 0 spiro atoms. The van der Waals surface area contributed by atoms with E-state index in [2.05, 4.69) is 15.9 Å². The SMILES string of the molecule is CC(=O)c1ccc(-c2ccc(C=O)o2)cc1Br. The molecule has 0 fully saturated rings. The molecule has 0 aliphatic carbocycles. The van der Waals surface area contributed by atoms with Gasteiger partial charge in [-0.15, -0.1) is 0 Å². The van der Waals surface area contributed by atoms with Gasteiger partial charge in [0.2, 0.25) is 0 Å². The molecule has 1 aromatic carbocycles. The number of ketones is 1. The van der Waals surface area contributed by atoms with Crippen molar-refractivity contribution in [3.63, 3.8) is 0 Å². The average molecular weight is 293 g/mol. The minimum Gasteiger partial charge on any atom is -0.453 e. The molecule has 0 unspecified atom stereocenters. The Bertz CT molecular complexity index is 584. The summed E-state index contributed by atoms with van der Waals surface area (Å²) in [5.41, 5.74) is 1.44. The number of Topliss-reactive ketones (excluding diaryl/α,β-unsaturated/α-hetero) is 1. The summed E-state index contributed by atoms with van der Waals surface area (Å²) >= 11 is 3.34. The summed E-state index contributed by atoms with van der Waals surface area (Å²) in [5, 5.41) is 0. The molecule has 0 saturated heterocycles. The van der Waals surface area contributed by atoms with Gasteiger partial charge in [0, 0.05) is 15.6 Å². The van der Waals surface area contributed by atoms with E-state index < -0.39 is 0 Å². The minimum atomic E-state index is -0.00329. The number of hydrogen-bond acceptors (Lipinski definition) is 3. The molecule has 0 saturated carbocycles. The molecule has 17 heavy (non-hydrogen) atoms. The first-order chi connectivity index (χ1) is 8.11. The molecular weight excluding hydrogens is 284 g/mol. The minimum absolute atomic E-state index is 0.00329. The second kappa shape index (κ2) is 4.67. The lowest BCUT2D eigenvalue weighted by atomic mass is 10.1. The highest BCUT2D eigenvalue weighted by Gasteiger charge is 2.09. The first kappa shape index (κ1) is 11.8. The smallest absolute Gasteiger partial charge is 0.185 e. The van der Waals surface area contributed by atoms with Gasteiger partial charge in [0.25, 0.3) is 0 Å². The van der Waals surface area contributed by atoms with E-state index in [1.165, 1.54) is 6.92 Å². The van der Waals surface area contributed by atoms with Crippen molar-refractivity contribution < 1.29 is 14.0 Å². The molecule has 0 radical (unpaired) electrons. The number of hydrogen-bond donors (Lipinski definition) is 0. The zero-order valence-corrected chi connectivity index (χ0v) is 10.7. The summed E-state index contributed by atoms with van der Waals surface area (Å²) in [6.07, 6.45) is 0.655. The van der Waals surface area contributed by atoms with E-state index in [-0.39, 0.29) is 11.5 Å². The lowest BCUT2D eigenvalue weighted by Gasteiger charge is -2.02. The van der Waals surface area contributed by atoms with Crippen molar-refractivity contribution in [2.75, 3.05) is 0 Å². The predicted molar refractivity (Wildman–Crippen MR) is 67.2 cm³/mol. The summed E-state index contributed by atoms with van der Waals surface area (Å²) in [5.74, 6) is 0.881. The number of halogens is 1. The van der Waals surface area contributed by atoms with E-state index in [4.69, 9.17) is 4.42 Å². The Morgan fingerprint density at radius 3 is 2.59 bits per heavy atom. The highest BCUT2D eigenvalue weighted by Crippen LogP contribution is 2.27. The van der Waals surface area contributed by atoms with Crippen LogP contribution in [0.2, 0.25) is 0 Å². The second-order valence-corrected chi connectivity index (χ2v) is 4.43. The standard InChI is InChI=1S/C13H9BrO3/c1-8(16)11-4-2-9(6-12(11)14)13-5-3-10(7-15)17-13/h2-7H,1H3. The van der Waals surface area contributed by atoms with Crippen LogP contribution in [0.3, 0.4) is 0 Å².